The SMILES string of the molecule is Cc1cc(/C=C2\C(=O)NC(=S)N(c3ccccc3Cl)C2=O)c(C)n1-c1ccc(OCc2ccccc2Cl)cc1. The summed E-state index contributed by atoms with van der Waals surface area (Å²) in [5.74, 6) is -0.386. The lowest BCUT2D eigenvalue weighted by Crippen LogP contribution is -2.54. The summed E-state index contributed by atoms with van der Waals surface area (Å²) in [5, 5.41) is 3.60. The Hall–Kier alpha value is -3.91. The van der Waals surface area contributed by atoms with Crippen molar-refractivity contribution in [2.45, 2.75) is 20.5 Å². The molecule has 0 radical (unpaired) electrons. The number of nitrogens with zero attached hydrogens (tertiary/aromatic N) is 2. The van der Waals surface area contributed by atoms with Gasteiger partial charge in [0, 0.05) is 27.7 Å². The molecule has 5 rings (SSSR count). The molecule has 196 valence electrons. The van der Waals surface area contributed by atoms with E-state index in [4.69, 9.17) is 40.2 Å². The Labute approximate surface area is 241 Å². The van der Waals surface area contributed by atoms with Gasteiger partial charge in [-0.05, 0) is 86.2 Å². The fourth-order valence-electron chi connectivity index (χ4n) is 4.46. The highest BCUT2D eigenvalue weighted by Crippen LogP contribution is 2.30. The molecule has 3 aromatic carbocycles. The highest BCUT2D eigenvalue weighted by molar-refractivity contribution is 7.80. The zero-order valence-electron chi connectivity index (χ0n) is 21.1. The second-order valence-corrected chi connectivity index (χ2v) is 10.1. The van der Waals surface area contributed by atoms with Gasteiger partial charge in [-0.1, -0.05) is 53.5 Å². The molecular formula is C30H23Cl2N3O3S. The summed E-state index contributed by atoms with van der Waals surface area (Å²) < 4.78 is 7.95. The van der Waals surface area contributed by atoms with Crippen LogP contribution in [0.1, 0.15) is 22.5 Å². The topological polar surface area (TPSA) is 63.6 Å². The van der Waals surface area contributed by atoms with Crippen molar-refractivity contribution in [3.05, 3.63) is 117 Å². The molecule has 1 N–H and O–H groups in total. The molecule has 2 heterocycles. The average Bonchev–Trinajstić information content (AvgIpc) is 3.19. The predicted octanol–water partition coefficient (Wildman–Crippen LogP) is 6.81. The standard InChI is InChI=1S/C30H23Cl2N3O3S/c1-18-15-21(16-24-28(36)33-30(39)35(29(24)37)27-10-6-5-9-26(27)32)19(2)34(18)22-11-13-23(14-12-22)38-17-20-7-3-4-8-25(20)31/h3-16H,17H2,1-2H3,(H,33,36,39)/b24-16+. The molecular weight excluding hydrogens is 553 g/mol. The number of rotatable bonds is 6. The van der Waals surface area contributed by atoms with Gasteiger partial charge in [0.1, 0.15) is 17.9 Å². The molecule has 4 aromatic rings. The lowest BCUT2D eigenvalue weighted by Gasteiger charge is -2.29. The molecule has 0 aliphatic carbocycles. The minimum atomic E-state index is -0.557. The van der Waals surface area contributed by atoms with Crippen LogP contribution >= 0.6 is 35.4 Å². The fourth-order valence-corrected chi connectivity index (χ4v) is 5.15. The number of thiocarbonyl (C=S) groups is 1. The van der Waals surface area contributed by atoms with Crippen LogP contribution in [-0.4, -0.2) is 21.5 Å². The predicted molar refractivity (Wildman–Crippen MR) is 159 cm³/mol. The molecule has 0 bridgehead atoms. The third kappa shape index (κ3) is 5.34. The van der Waals surface area contributed by atoms with E-state index in [0.29, 0.717) is 28.1 Å². The Morgan fingerprint density at radius 2 is 1.59 bits per heavy atom. The number of anilines is 1. The summed E-state index contributed by atoms with van der Waals surface area (Å²) in [6.07, 6.45) is 1.59. The van der Waals surface area contributed by atoms with Gasteiger partial charge in [0.25, 0.3) is 11.8 Å². The number of hydrogen-bond donors (Lipinski definition) is 1. The Morgan fingerprint density at radius 1 is 0.923 bits per heavy atom. The van der Waals surface area contributed by atoms with E-state index in [-0.39, 0.29) is 10.7 Å². The van der Waals surface area contributed by atoms with Gasteiger partial charge < -0.3 is 9.30 Å². The summed E-state index contributed by atoms with van der Waals surface area (Å²) in [6.45, 7) is 4.26. The van der Waals surface area contributed by atoms with Crippen LogP contribution in [0, 0.1) is 13.8 Å². The number of aromatic nitrogens is 1. The maximum Gasteiger partial charge on any atom is 0.270 e. The van der Waals surface area contributed by atoms with Gasteiger partial charge >= 0.3 is 0 Å². The van der Waals surface area contributed by atoms with Crippen LogP contribution in [0.2, 0.25) is 10.0 Å². The van der Waals surface area contributed by atoms with Crippen LogP contribution in [0.3, 0.4) is 0 Å². The van der Waals surface area contributed by atoms with Gasteiger partial charge in [0.05, 0.1) is 10.7 Å². The summed E-state index contributed by atoms with van der Waals surface area (Å²) in [7, 11) is 0. The third-order valence-electron chi connectivity index (χ3n) is 6.41. The first-order valence-electron chi connectivity index (χ1n) is 12.1. The molecule has 0 unspecified atom stereocenters. The van der Waals surface area contributed by atoms with Gasteiger partial charge in [-0.2, -0.15) is 0 Å². The largest absolute Gasteiger partial charge is 0.489 e. The summed E-state index contributed by atoms with van der Waals surface area (Å²) in [5.41, 5.74) is 4.73. The van der Waals surface area contributed by atoms with Crippen LogP contribution in [0.25, 0.3) is 11.8 Å². The van der Waals surface area contributed by atoms with E-state index in [0.717, 1.165) is 28.2 Å². The van der Waals surface area contributed by atoms with Crippen LogP contribution in [0.15, 0.2) is 84.4 Å². The molecule has 1 aliphatic heterocycles. The van der Waals surface area contributed by atoms with Crippen molar-refractivity contribution in [3.8, 4) is 11.4 Å². The number of carbonyl (C=O) groups excluding carboxylic acids is 2. The van der Waals surface area contributed by atoms with E-state index < -0.39 is 11.8 Å². The number of benzene rings is 3. The highest BCUT2D eigenvalue weighted by Gasteiger charge is 2.35. The number of para-hydroxylation sites is 1. The normalized spacial score (nSPS) is 14.6. The van der Waals surface area contributed by atoms with Gasteiger partial charge in [0.15, 0.2) is 5.11 Å². The average molecular weight is 577 g/mol. The third-order valence-corrected chi connectivity index (χ3v) is 7.39. The number of hydrogen-bond acceptors (Lipinski definition) is 4. The van der Waals surface area contributed by atoms with Gasteiger partial charge in [-0.25, -0.2) is 0 Å². The molecule has 9 heteroatoms. The molecule has 0 saturated carbocycles. The molecule has 39 heavy (non-hydrogen) atoms. The minimum absolute atomic E-state index is 0.0161. The van der Waals surface area contributed by atoms with E-state index in [2.05, 4.69) is 5.32 Å². The van der Waals surface area contributed by atoms with Crippen LogP contribution in [0.4, 0.5) is 5.69 Å². The maximum atomic E-state index is 13.4. The Morgan fingerprint density at radius 3 is 2.28 bits per heavy atom. The maximum absolute atomic E-state index is 13.4. The zero-order chi connectivity index (χ0) is 27.7. The number of carbonyl (C=O) groups is 2. The number of ether oxygens (including phenoxy) is 1. The van der Waals surface area contributed by atoms with Crippen LogP contribution in [-0.2, 0) is 16.2 Å². The molecule has 1 aromatic heterocycles. The van der Waals surface area contributed by atoms with Gasteiger partial charge in [-0.15, -0.1) is 0 Å². The van der Waals surface area contributed by atoms with Gasteiger partial charge in [0.2, 0.25) is 0 Å². The molecule has 6 nitrogen and oxygen atoms in total. The first-order chi connectivity index (χ1) is 18.7. The summed E-state index contributed by atoms with van der Waals surface area (Å²) >= 11 is 17.8. The second kappa shape index (κ2) is 11.1. The zero-order valence-corrected chi connectivity index (χ0v) is 23.4. The fraction of sp³-hybridized carbons (Fsp3) is 0.100. The molecule has 2 amide bonds. The number of halogens is 2. The molecule has 0 spiro atoms. The number of aryl methyl sites for hydroxylation is 1. The number of nitrogens with one attached hydrogen (secondary N) is 1. The summed E-state index contributed by atoms with van der Waals surface area (Å²) in [4.78, 5) is 27.5. The van der Waals surface area contributed by atoms with Crippen LogP contribution < -0.4 is 15.0 Å². The van der Waals surface area contributed by atoms with Crippen molar-refractivity contribution in [2.75, 3.05) is 4.90 Å². The lowest BCUT2D eigenvalue weighted by molar-refractivity contribution is -0.122. The van der Waals surface area contributed by atoms with E-state index >= 15 is 0 Å². The highest BCUT2D eigenvalue weighted by atomic mass is 35.5. The van der Waals surface area contributed by atoms with E-state index in [1.165, 1.54) is 4.90 Å². The Balaban J connectivity index is 1.41. The molecule has 1 fully saturated rings. The molecule has 1 saturated heterocycles. The smallest absolute Gasteiger partial charge is 0.270 e. The van der Waals surface area contributed by atoms with Crippen molar-refractivity contribution in [1.82, 2.24) is 9.88 Å². The lowest BCUT2D eigenvalue weighted by atomic mass is 10.1. The quantitative estimate of drug-likeness (QED) is 0.156. The van der Waals surface area contributed by atoms with Crippen molar-refractivity contribution < 1.29 is 14.3 Å². The van der Waals surface area contributed by atoms with Gasteiger partial charge in [-0.3, -0.25) is 19.8 Å². The minimum Gasteiger partial charge on any atom is -0.489 e. The first-order valence-corrected chi connectivity index (χ1v) is 13.2. The van der Waals surface area contributed by atoms with E-state index in [9.17, 15) is 9.59 Å². The van der Waals surface area contributed by atoms with E-state index in [1.54, 1.807) is 30.3 Å². The Bertz CT molecular complexity index is 1640. The molecule has 0 atom stereocenters. The second-order valence-electron chi connectivity index (χ2n) is 8.95. The van der Waals surface area contributed by atoms with Crippen LogP contribution in [0.5, 0.6) is 5.75 Å². The van der Waals surface area contributed by atoms with Crippen molar-refractivity contribution in [1.29, 1.82) is 0 Å². The monoisotopic (exact) mass is 575 g/mol. The van der Waals surface area contributed by atoms with Crippen molar-refractivity contribution >= 4 is 64.1 Å². The summed E-state index contributed by atoms with van der Waals surface area (Å²) in [6, 6.07) is 24.0. The first kappa shape index (κ1) is 26.7. The molecule has 1 aliphatic rings. The van der Waals surface area contributed by atoms with Crippen molar-refractivity contribution in [2.24, 2.45) is 0 Å². The van der Waals surface area contributed by atoms with Crippen molar-refractivity contribution in [3.63, 3.8) is 0 Å². The number of amides is 2. The van der Waals surface area contributed by atoms with E-state index in [1.807, 2.05) is 73.0 Å². The Kier molecular flexibility index (Phi) is 7.57.